The molecule has 0 amide bonds. The summed E-state index contributed by atoms with van der Waals surface area (Å²) in [5.74, 6) is 0. The van der Waals surface area contributed by atoms with E-state index in [2.05, 4.69) is 0 Å². The average molecular weight is 194 g/mol. The minimum absolute atomic E-state index is 0.0243. The molecule has 0 aromatic heterocycles. The molecule has 0 heterocycles. The summed E-state index contributed by atoms with van der Waals surface area (Å²) in [7, 11) is 0. The van der Waals surface area contributed by atoms with Gasteiger partial charge in [-0.3, -0.25) is 10.1 Å². The quantitative estimate of drug-likeness (QED) is 0.591. The van der Waals surface area contributed by atoms with Gasteiger partial charge in [-0.1, -0.05) is 19.4 Å². The monoisotopic (exact) mass is 194 g/mol. The molecule has 4 nitrogen and oxygen atoms in total. The Bertz CT molecular complexity index is 336. The summed E-state index contributed by atoms with van der Waals surface area (Å²) >= 11 is 0. The van der Waals surface area contributed by atoms with Crippen LogP contribution in [0.25, 0.3) is 0 Å². The van der Waals surface area contributed by atoms with E-state index in [9.17, 15) is 10.1 Å². The summed E-state index contributed by atoms with van der Waals surface area (Å²) in [5.41, 5.74) is 1.38. The van der Waals surface area contributed by atoms with Crippen molar-refractivity contribution in [2.75, 3.05) is 0 Å². The summed E-state index contributed by atoms with van der Waals surface area (Å²) < 4.78 is 0. The highest BCUT2D eigenvalue weighted by molar-refractivity contribution is 5.41. The number of hydrogen-bond acceptors (Lipinski definition) is 3. The number of nitro benzene ring substituents is 1. The molecule has 0 saturated carbocycles. The van der Waals surface area contributed by atoms with E-state index in [1.807, 2.05) is 6.92 Å². The van der Waals surface area contributed by atoms with Crippen molar-refractivity contribution in [1.29, 1.82) is 0 Å². The van der Waals surface area contributed by atoms with E-state index in [1.165, 1.54) is 12.1 Å². The fourth-order valence-corrected chi connectivity index (χ4v) is 1.31. The lowest BCUT2D eigenvalue weighted by Gasteiger charge is -2.01. The number of aliphatic hydroxyl groups is 1. The Kier molecular flexibility index (Phi) is 3.59. The van der Waals surface area contributed by atoms with Gasteiger partial charge in [0.2, 0.25) is 0 Å². The van der Waals surface area contributed by atoms with Gasteiger partial charge in [0.1, 0.15) is 6.61 Å². The van der Waals surface area contributed by atoms with Gasteiger partial charge in [-0.05, 0) is 17.5 Å². The topological polar surface area (TPSA) is 63.4 Å². The first-order chi connectivity index (χ1) is 6.67. The van der Waals surface area contributed by atoms with Gasteiger partial charge < -0.3 is 5.11 Å². The lowest BCUT2D eigenvalue weighted by molar-refractivity contribution is -0.385. The third kappa shape index (κ3) is 2.53. The Morgan fingerprint density at radius 2 is 2.21 bits per heavy atom. The standard InChI is InChI=1S/C10H12NO3/c1-2-3-8-4-9(7-12)6-10(5-8)11(13)14/h4-7,12H,2-3H2,1H3. The van der Waals surface area contributed by atoms with E-state index < -0.39 is 4.92 Å². The SMILES string of the molecule is CCCc1cc([CH]O)cc([N+](=O)[O-])c1. The summed E-state index contributed by atoms with van der Waals surface area (Å²) in [6, 6.07) is 4.63. The molecule has 1 rings (SSSR count). The van der Waals surface area contributed by atoms with Crippen molar-refractivity contribution in [1.82, 2.24) is 0 Å². The fourth-order valence-electron chi connectivity index (χ4n) is 1.31. The number of nitro groups is 1. The number of aliphatic hydroxyl groups excluding tert-OH is 1. The van der Waals surface area contributed by atoms with Crippen LogP contribution in [0.15, 0.2) is 18.2 Å². The van der Waals surface area contributed by atoms with Gasteiger partial charge in [0.05, 0.1) is 4.92 Å². The number of benzene rings is 1. The van der Waals surface area contributed by atoms with Crippen molar-refractivity contribution in [2.45, 2.75) is 19.8 Å². The van der Waals surface area contributed by atoms with Crippen LogP contribution in [0.5, 0.6) is 0 Å². The molecule has 14 heavy (non-hydrogen) atoms. The first-order valence-corrected chi connectivity index (χ1v) is 4.43. The molecular weight excluding hydrogens is 182 g/mol. The second kappa shape index (κ2) is 4.72. The van der Waals surface area contributed by atoms with Gasteiger partial charge in [0, 0.05) is 12.1 Å². The zero-order valence-electron chi connectivity index (χ0n) is 7.93. The Hall–Kier alpha value is -1.42. The normalized spacial score (nSPS) is 10.1. The molecule has 0 atom stereocenters. The number of hydrogen-bond donors (Lipinski definition) is 1. The third-order valence-electron chi connectivity index (χ3n) is 1.90. The summed E-state index contributed by atoms with van der Waals surface area (Å²) in [4.78, 5) is 10.1. The largest absolute Gasteiger partial charge is 0.385 e. The number of non-ortho nitro benzene ring substituents is 1. The highest BCUT2D eigenvalue weighted by Crippen LogP contribution is 2.18. The van der Waals surface area contributed by atoms with E-state index in [-0.39, 0.29) is 5.69 Å². The van der Waals surface area contributed by atoms with Crippen LogP contribution in [0, 0.1) is 16.7 Å². The van der Waals surface area contributed by atoms with Crippen molar-refractivity contribution >= 4 is 5.69 Å². The van der Waals surface area contributed by atoms with Crippen molar-refractivity contribution in [3.63, 3.8) is 0 Å². The smallest absolute Gasteiger partial charge is 0.270 e. The van der Waals surface area contributed by atoms with Gasteiger partial charge in [0.15, 0.2) is 0 Å². The van der Waals surface area contributed by atoms with Crippen LogP contribution in [0.4, 0.5) is 5.69 Å². The van der Waals surface area contributed by atoms with E-state index >= 15 is 0 Å². The van der Waals surface area contributed by atoms with Crippen molar-refractivity contribution in [3.8, 4) is 0 Å². The van der Waals surface area contributed by atoms with Crippen LogP contribution in [-0.2, 0) is 6.42 Å². The maximum absolute atomic E-state index is 10.5. The third-order valence-corrected chi connectivity index (χ3v) is 1.90. The zero-order valence-corrected chi connectivity index (χ0v) is 7.93. The minimum Gasteiger partial charge on any atom is -0.385 e. The van der Waals surface area contributed by atoms with E-state index in [0.29, 0.717) is 5.56 Å². The molecule has 0 aliphatic carbocycles. The average Bonchev–Trinajstić information content (AvgIpc) is 2.17. The van der Waals surface area contributed by atoms with Crippen LogP contribution in [0.3, 0.4) is 0 Å². The van der Waals surface area contributed by atoms with Gasteiger partial charge in [-0.2, -0.15) is 0 Å². The summed E-state index contributed by atoms with van der Waals surface area (Å²) in [5, 5.41) is 19.3. The zero-order chi connectivity index (χ0) is 10.6. The maximum Gasteiger partial charge on any atom is 0.270 e. The second-order valence-corrected chi connectivity index (χ2v) is 3.07. The Balaban J connectivity index is 3.06. The Morgan fingerprint density at radius 3 is 2.71 bits per heavy atom. The first-order valence-electron chi connectivity index (χ1n) is 4.43. The van der Waals surface area contributed by atoms with E-state index in [4.69, 9.17) is 5.11 Å². The van der Waals surface area contributed by atoms with Gasteiger partial charge in [-0.15, -0.1) is 0 Å². The van der Waals surface area contributed by atoms with Gasteiger partial charge in [0.25, 0.3) is 5.69 Å². The number of aryl methyl sites for hydroxylation is 1. The van der Waals surface area contributed by atoms with Crippen LogP contribution in [0.1, 0.15) is 24.5 Å². The first kappa shape index (κ1) is 10.7. The highest BCUT2D eigenvalue weighted by atomic mass is 16.6. The Morgan fingerprint density at radius 1 is 1.50 bits per heavy atom. The fraction of sp³-hybridized carbons (Fsp3) is 0.300. The van der Waals surface area contributed by atoms with Gasteiger partial charge >= 0.3 is 0 Å². The van der Waals surface area contributed by atoms with Crippen LogP contribution in [-0.4, -0.2) is 10.0 Å². The predicted octanol–water partition coefficient (Wildman–Crippen LogP) is 2.43. The molecule has 0 bridgehead atoms. The molecule has 1 radical (unpaired) electrons. The summed E-state index contributed by atoms with van der Waals surface area (Å²) in [6.07, 6.45) is 1.70. The molecule has 1 aromatic rings. The van der Waals surface area contributed by atoms with Crippen LogP contribution < -0.4 is 0 Å². The molecule has 75 valence electrons. The predicted molar refractivity (Wildman–Crippen MR) is 52.4 cm³/mol. The molecule has 0 fully saturated rings. The molecule has 0 saturated heterocycles. The maximum atomic E-state index is 10.5. The minimum atomic E-state index is -0.452. The lowest BCUT2D eigenvalue weighted by Crippen LogP contribution is -1.93. The van der Waals surface area contributed by atoms with Crippen molar-refractivity contribution < 1.29 is 10.0 Å². The van der Waals surface area contributed by atoms with Crippen LogP contribution >= 0.6 is 0 Å². The van der Waals surface area contributed by atoms with E-state index in [1.54, 1.807) is 6.07 Å². The highest BCUT2D eigenvalue weighted by Gasteiger charge is 2.08. The van der Waals surface area contributed by atoms with Gasteiger partial charge in [-0.25, -0.2) is 0 Å². The molecule has 0 unspecified atom stereocenters. The van der Waals surface area contributed by atoms with Crippen molar-refractivity contribution in [2.24, 2.45) is 0 Å². The number of rotatable bonds is 4. The van der Waals surface area contributed by atoms with Crippen molar-refractivity contribution in [3.05, 3.63) is 46.0 Å². The molecule has 1 N–H and O–H groups in total. The van der Waals surface area contributed by atoms with E-state index in [0.717, 1.165) is 25.0 Å². The Labute approximate surface area is 82.3 Å². The second-order valence-electron chi connectivity index (χ2n) is 3.07. The summed E-state index contributed by atoms with van der Waals surface area (Å²) in [6.45, 7) is 2.88. The molecule has 4 heteroatoms. The molecule has 0 aliphatic heterocycles. The lowest BCUT2D eigenvalue weighted by atomic mass is 10.1. The molecular formula is C10H12NO3. The van der Waals surface area contributed by atoms with Crippen LogP contribution in [0.2, 0.25) is 0 Å². The molecule has 0 aliphatic rings. The number of nitrogens with zero attached hydrogens (tertiary/aromatic N) is 1. The molecule has 1 aromatic carbocycles. The molecule has 0 spiro atoms.